The summed E-state index contributed by atoms with van der Waals surface area (Å²) in [6.45, 7) is 0. The first kappa shape index (κ1) is 18.8. The quantitative estimate of drug-likeness (QED) is 0.345. The van der Waals surface area contributed by atoms with E-state index in [0.29, 0.717) is 17.1 Å². The highest BCUT2D eigenvalue weighted by Gasteiger charge is 2.13. The number of benzene rings is 2. The van der Waals surface area contributed by atoms with E-state index in [1.165, 1.54) is 25.3 Å². The van der Waals surface area contributed by atoms with Crippen molar-refractivity contribution in [2.24, 2.45) is 0 Å². The molecule has 0 unspecified atom stereocenters. The van der Waals surface area contributed by atoms with Gasteiger partial charge in [0, 0.05) is 23.6 Å². The summed E-state index contributed by atoms with van der Waals surface area (Å²) in [6, 6.07) is 12.4. The molecule has 0 aliphatic heterocycles. The zero-order valence-electron chi connectivity index (χ0n) is 13.5. The Labute approximate surface area is 153 Å². The van der Waals surface area contributed by atoms with E-state index in [2.05, 4.69) is 10.6 Å². The summed E-state index contributed by atoms with van der Waals surface area (Å²) in [4.78, 5) is 22.4. The molecule has 0 saturated heterocycles. The Balaban J connectivity index is 2.11. The summed E-state index contributed by atoms with van der Waals surface area (Å²) >= 11 is 5.73. The van der Waals surface area contributed by atoms with Crippen molar-refractivity contribution >= 4 is 34.6 Å². The lowest BCUT2D eigenvalue weighted by atomic mass is 10.2. The minimum Gasteiger partial charge on any atom is -0.497 e. The van der Waals surface area contributed by atoms with E-state index in [1.807, 2.05) is 0 Å². The highest BCUT2D eigenvalue weighted by atomic mass is 35.5. The number of nitrogens with zero attached hydrogens (tertiary/aromatic N) is 2. The Bertz CT molecular complexity index is 904. The first-order valence-electron chi connectivity index (χ1n) is 7.20. The highest BCUT2D eigenvalue weighted by Crippen LogP contribution is 2.27. The summed E-state index contributed by atoms with van der Waals surface area (Å²) in [5, 5.41) is 25.3. The number of nitro groups is 1. The average molecular weight is 373 g/mol. The minimum absolute atomic E-state index is 0.0118. The second-order valence-corrected chi connectivity index (χ2v) is 5.33. The van der Waals surface area contributed by atoms with E-state index in [4.69, 9.17) is 21.6 Å². The summed E-state index contributed by atoms with van der Waals surface area (Å²) in [5.41, 5.74) is 0.301. The average Bonchev–Trinajstić information content (AvgIpc) is 2.63. The van der Waals surface area contributed by atoms with Gasteiger partial charge in [-0.05, 0) is 36.4 Å². The van der Waals surface area contributed by atoms with Gasteiger partial charge in [0.15, 0.2) is 0 Å². The molecule has 0 radical (unpaired) electrons. The van der Waals surface area contributed by atoms with Crippen molar-refractivity contribution in [2.75, 3.05) is 17.7 Å². The van der Waals surface area contributed by atoms with Crippen LogP contribution in [0.4, 0.5) is 17.1 Å². The summed E-state index contributed by atoms with van der Waals surface area (Å²) in [5.74, 6) is -0.00122. The minimum atomic E-state index is -0.631. The molecule has 2 aromatic rings. The van der Waals surface area contributed by atoms with Gasteiger partial charge in [0.2, 0.25) is 0 Å². The van der Waals surface area contributed by atoms with Gasteiger partial charge < -0.3 is 15.4 Å². The van der Waals surface area contributed by atoms with E-state index in [-0.39, 0.29) is 16.3 Å². The SMILES string of the molecule is COc1ccc(NC(=O)/C(C#N)=C\Nc2ccc(Cl)c([N+](=O)[O-])c2)cc1. The fourth-order valence-electron chi connectivity index (χ4n) is 1.92. The molecule has 0 saturated carbocycles. The summed E-state index contributed by atoms with van der Waals surface area (Å²) in [7, 11) is 1.52. The van der Waals surface area contributed by atoms with Gasteiger partial charge in [-0.15, -0.1) is 0 Å². The maximum absolute atomic E-state index is 12.1. The number of rotatable bonds is 6. The molecule has 0 bridgehead atoms. The molecule has 26 heavy (non-hydrogen) atoms. The van der Waals surface area contributed by atoms with Crippen LogP contribution in [0, 0.1) is 21.4 Å². The first-order valence-corrected chi connectivity index (χ1v) is 7.58. The Hall–Kier alpha value is -3.57. The fraction of sp³-hybridized carbons (Fsp3) is 0.0588. The molecule has 0 heterocycles. The van der Waals surface area contributed by atoms with Crippen LogP contribution in [0.25, 0.3) is 0 Å². The van der Waals surface area contributed by atoms with Gasteiger partial charge >= 0.3 is 0 Å². The van der Waals surface area contributed by atoms with Gasteiger partial charge in [0.05, 0.1) is 12.0 Å². The number of amides is 1. The van der Waals surface area contributed by atoms with Crippen LogP contribution in [-0.2, 0) is 4.79 Å². The molecule has 0 atom stereocenters. The zero-order chi connectivity index (χ0) is 19.1. The molecule has 0 fully saturated rings. The van der Waals surface area contributed by atoms with Crippen LogP contribution in [-0.4, -0.2) is 17.9 Å². The Kier molecular flexibility index (Phi) is 6.14. The number of carbonyl (C=O) groups is 1. The Morgan fingerprint density at radius 2 is 1.92 bits per heavy atom. The normalized spacial score (nSPS) is 10.6. The smallest absolute Gasteiger partial charge is 0.289 e. The fourth-order valence-corrected chi connectivity index (χ4v) is 2.11. The van der Waals surface area contributed by atoms with Gasteiger partial charge in [-0.2, -0.15) is 5.26 Å². The topological polar surface area (TPSA) is 117 Å². The second kappa shape index (κ2) is 8.50. The zero-order valence-corrected chi connectivity index (χ0v) is 14.3. The third kappa shape index (κ3) is 4.72. The number of nitrogens with one attached hydrogen (secondary N) is 2. The lowest BCUT2D eigenvalue weighted by molar-refractivity contribution is -0.384. The van der Waals surface area contributed by atoms with E-state index < -0.39 is 10.8 Å². The van der Waals surface area contributed by atoms with Crippen LogP contribution in [0.15, 0.2) is 54.2 Å². The first-order chi connectivity index (χ1) is 12.4. The predicted molar refractivity (Wildman–Crippen MR) is 97.0 cm³/mol. The van der Waals surface area contributed by atoms with Crippen molar-refractivity contribution in [3.63, 3.8) is 0 Å². The number of hydrogen-bond acceptors (Lipinski definition) is 6. The number of nitro benzene ring substituents is 1. The van der Waals surface area contributed by atoms with Crippen LogP contribution in [0.5, 0.6) is 5.75 Å². The van der Waals surface area contributed by atoms with Gasteiger partial charge in [-0.25, -0.2) is 0 Å². The summed E-state index contributed by atoms with van der Waals surface area (Å²) in [6.07, 6.45) is 1.16. The van der Waals surface area contributed by atoms with E-state index in [9.17, 15) is 14.9 Å². The second-order valence-electron chi connectivity index (χ2n) is 4.92. The molecule has 1 amide bonds. The largest absolute Gasteiger partial charge is 0.497 e. The molecule has 2 N–H and O–H groups in total. The Morgan fingerprint density at radius 3 is 2.50 bits per heavy atom. The number of ether oxygens (including phenoxy) is 1. The molecular formula is C17H13ClN4O4. The molecule has 2 rings (SSSR count). The van der Waals surface area contributed by atoms with Crippen LogP contribution in [0.3, 0.4) is 0 Å². The number of carbonyl (C=O) groups excluding carboxylic acids is 1. The maximum Gasteiger partial charge on any atom is 0.289 e. The standard InChI is InChI=1S/C17H13ClN4O4/c1-26-14-5-2-12(3-6-14)21-17(23)11(9-19)10-20-13-4-7-15(18)16(8-13)22(24)25/h2-8,10,20H,1H3,(H,21,23)/b11-10-. The number of anilines is 2. The molecule has 0 aliphatic carbocycles. The molecule has 9 heteroatoms. The third-order valence-electron chi connectivity index (χ3n) is 3.24. The maximum atomic E-state index is 12.1. The van der Waals surface area contributed by atoms with E-state index in [1.54, 1.807) is 30.3 Å². The van der Waals surface area contributed by atoms with E-state index >= 15 is 0 Å². The molecule has 132 valence electrons. The van der Waals surface area contributed by atoms with Crippen molar-refractivity contribution in [1.29, 1.82) is 5.26 Å². The monoisotopic (exact) mass is 372 g/mol. The van der Waals surface area contributed by atoms with Crippen molar-refractivity contribution in [1.82, 2.24) is 0 Å². The van der Waals surface area contributed by atoms with Crippen molar-refractivity contribution < 1.29 is 14.5 Å². The molecule has 8 nitrogen and oxygen atoms in total. The van der Waals surface area contributed by atoms with Gasteiger partial charge in [0.1, 0.15) is 22.4 Å². The lowest BCUT2D eigenvalue weighted by Crippen LogP contribution is -2.14. The number of hydrogen-bond donors (Lipinski definition) is 2. The van der Waals surface area contributed by atoms with Crippen LogP contribution < -0.4 is 15.4 Å². The van der Waals surface area contributed by atoms with Gasteiger partial charge in [-0.3, -0.25) is 14.9 Å². The number of nitriles is 1. The number of methoxy groups -OCH3 is 1. The summed E-state index contributed by atoms with van der Waals surface area (Å²) < 4.78 is 5.02. The van der Waals surface area contributed by atoms with Crippen molar-refractivity contribution in [3.05, 3.63) is 69.4 Å². The van der Waals surface area contributed by atoms with Gasteiger partial charge in [-0.1, -0.05) is 11.6 Å². The van der Waals surface area contributed by atoms with Crippen molar-refractivity contribution in [3.8, 4) is 11.8 Å². The molecule has 0 spiro atoms. The van der Waals surface area contributed by atoms with Crippen LogP contribution in [0.1, 0.15) is 0 Å². The molecule has 0 aliphatic rings. The third-order valence-corrected chi connectivity index (χ3v) is 3.56. The Morgan fingerprint density at radius 1 is 1.27 bits per heavy atom. The van der Waals surface area contributed by atoms with Gasteiger partial charge in [0.25, 0.3) is 11.6 Å². The van der Waals surface area contributed by atoms with Crippen molar-refractivity contribution in [2.45, 2.75) is 0 Å². The predicted octanol–water partition coefficient (Wildman–Crippen LogP) is 3.71. The number of halogens is 1. The van der Waals surface area contributed by atoms with Crippen LogP contribution >= 0.6 is 11.6 Å². The molecular weight excluding hydrogens is 360 g/mol. The molecule has 0 aromatic heterocycles. The lowest BCUT2D eigenvalue weighted by Gasteiger charge is -2.06. The highest BCUT2D eigenvalue weighted by molar-refractivity contribution is 6.32. The van der Waals surface area contributed by atoms with E-state index in [0.717, 1.165) is 6.20 Å². The van der Waals surface area contributed by atoms with Crippen LogP contribution in [0.2, 0.25) is 5.02 Å². The molecule has 2 aromatic carbocycles.